The van der Waals surface area contributed by atoms with E-state index in [1.807, 2.05) is 0 Å². The van der Waals surface area contributed by atoms with Crippen LogP contribution in [0.25, 0.3) is 0 Å². The van der Waals surface area contributed by atoms with Crippen LogP contribution in [0, 0.1) is 6.92 Å². The zero-order chi connectivity index (χ0) is 13.3. The fourth-order valence-corrected chi connectivity index (χ4v) is 1.93. The Morgan fingerprint density at radius 2 is 1.89 bits per heavy atom. The van der Waals surface area contributed by atoms with Gasteiger partial charge in [0.1, 0.15) is 0 Å². The third-order valence-corrected chi connectivity index (χ3v) is 3.30. The highest BCUT2D eigenvalue weighted by molar-refractivity contribution is 6.43. The van der Waals surface area contributed by atoms with Gasteiger partial charge in [0.05, 0.1) is 27.1 Å². The lowest BCUT2D eigenvalue weighted by atomic mass is 10.3. The minimum Gasteiger partial charge on any atom is -0.394 e. The van der Waals surface area contributed by atoms with Crippen molar-refractivity contribution >= 4 is 52.0 Å². The summed E-state index contributed by atoms with van der Waals surface area (Å²) in [7, 11) is 0. The van der Waals surface area contributed by atoms with E-state index in [1.165, 1.54) is 0 Å². The van der Waals surface area contributed by atoms with Crippen LogP contribution in [0.15, 0.2) is 18.2 Å². The first-order chi connectivity index (χ1) is 8.49. The molecular weight excluding hydrogens is 295 g/mol. The van der Waals surface area contributed by atoms with Crippen molar-refractivity contribution in [2.45, 2.75) is 6.92 Å². The minimum atomic E-state index is 0.113. The molecule has 0 unspecified atom stereocenters. The molecule has 7 heteroatoms. The maximum atomic E-state index is 6.06. The number of aryl methyl sites for hydroxylation is 1. The van der Waals surface area contributed by atoms with Gasteiger partial charge in [0.2, 0.25) is 5.28 Å². The van der Waals surface area contributed by atoms with E-state index in [0.29, 0.717) is 32.9 Å². The molecule has 3 N–H and O–H groups in total. The molecule has 18 heavy (non-hydrogen) atoms. The van der Waals surface area contributed by atoms with Crippen molar-refractivity contribution in [2.24, 2.45) is 0 Å². The molecule has 0 saturated heterocycles. The number of rotatable bonds is 2. The van der Waals surface area contributed by atoms with Gasteiger partial charge in [-0.1, -0.05) is 29.3 Å². The maximum absolute atomic E-state index is 6.06. The van der Waals surface area contributed by atoms with Crippen LogP contribution in [-0.4, -0.2) is 9.97 Å². The molecule has 0 radical (unpaired) electrons. The van der Waals surface area contributed by atoms with Gasteiger partial charge in [-0.05, 0) is 30.7 Å². The highest BCUT2D eigenvalue weighted by Crippen LogP contribution is 2.33. The summed E-state index contributed by atoms with van der Waals surface area (Å²) >= 11 is 17.8. The highest BCUT2D eigenvalue weighted by atomic mass is 35.5. The molecule has 0 atom stereocenters. The van der Waals surface area contributed by atoms with Gasteiger partial charge >= 0.3 is 0 Å². The third-order valence-electron chi connectivity index (χ3n) is 2.31. The first-order valence-corrected chi connectivity index (χ1v) is 6.13. The van der Waals surface area contributed by atoms with Crippen LogP contribution in [-0.2, 0) is 0 Å². The van der Waals surface area contributed by atoms with Crippen LogP contribution in [0.2, 0.25) is 15.3 Å². The number of aromatic nitrogens is 2. The average Bonchev–Trinajstić information content (AvgIpc) is 2.31. The normalized spacial score (nSPS) is 10.4. The fraction of sp³-hybridized carbons (Fsp3) is 0.0909. The van der Waals surface area contributed by atoms with Crippen molar-refractivity contribution in [3.63, 3.8) is 0 Å². The van der Waals surface area contributed by atoms with Crippen molar-refractivity contribution in [1.29, 1.82) is 0 Å². The third kappa shape index (κ3) is 2.61. The Morgan fingerprint density at radius 3 is 2.61 bits per heavy atom. The molecule has 1 aromatic carbocycles. The quantitative estimate of drug-likeness (QED) is 0.821. The predicted molar refractivity (Wildman–Crippen MR) is 75.9 cm³/mol. The summed E-state index contributed by atoms with van der Waals surface area (Å²) < 4.78 is 0. The Balaban J connectivity index is 2.43. The lowest BCUT2D eigenvalue weighted by molar-refractivity contribution is 1.11. The van der Waals surface area contributed by atoms with Gasteiger partial charge in [-0.2, -0.15) is 4.98 Å². The van der Waals surface area contributed by atoms with E-state index in [9.17, 15) is 0 Å². The smallest absolute Gasteiger partial charge is 0.224 e. The van der Waals surface area contributed by atoms with Gasteiger partial charge < -0.3 is 11.1 Å². The number of halogens is 3. The van der Waals surface area contributed by atoms with Crippen LogP contribution in [0.3, 0.4) is 0 Å². The number of nitrogens with zero attached hydrogens (tertiary/aromatic N) is 2. The molecule has 2 rings (SSSR count). The molecule has 0 aliphatic rings. The zero-order valence-electron chi connectivity index (χ0n) is 9.34. The van der Waals surface area contributed by atoms with Gasteiger partial charge in [-0.15, -0.1) is 0 Å². The highest BCUT2D eigenvalue weighted by Gasteiger charge is 2.10. The number of benzene rings is 1. The monoisotopic (exact) mass is 302 g/mol. The molecule has 0 aliphatic heterocycles. The van der Waals surface area contributed by atoms with Gasteiger partial charge in [0.15, 0.2) is 5.82 Å². The van der Waals surface area contributed by atoms with Crippen LogP contribution < -0.4 is 11.1 Å². The number of hydrogen-bond donors (Lipinski definition) is 2. The molecule has 2 aromatic rings. The Hall–Kier alpha value is -1.23. The van der Waals surface area contributed by atoms with Crippen molar-refractivity contribution in [3.05, 3.63) is 39.2 Å². The molecule has 1 heterocycles. The van der Waals surface area contributed by atoms with Gasteiger partial charge in [0, 0.05) is 0 Å². The summed E-state index contributed by atoms with van der Waals surface area (Å²) in [6.45, 7) is 1.74. The first-order valence-electron chi connectivity index (χ1n) is 4.99. The molecule has 0 fully saturated rings. The van der Waals surface area contributed by atoms with Crippen LogP contribution in [0.4, 0.5) is 17.2 Å². The van der Waals surface area contributed by atoms with E-state index in [0.717, 1.165) is 0 Å². The number of anilines is 3. The number of nitrogen functional groups attached to an aromatic ring is 1. The second kappa shape index (κ2) is 5.18. The van der Waals surface area contributed by atoms with E-state index in [4.69, 9.17) is 40.5 Å². The minimum absolute atomic E-state index is 0.113. The van der Waals surface area contributed by atoms with Crippen LogP contribution in [0.5, 0.6) is 0 Å². The topological polar surface area (TPSA) is 63.8 Å². The van der Waals surface area contributed by atoms with Crippen molar-refractivity contribution < 1.29 is 0 Å². The van der Waals surface area contributed by atoms with E-state index in [-0.39, 0.29) is 5.28 Å². The van der Waals surface area contributed by atoms with Gasteiger partial charge in [-0.25, -0.2) is 4.98 Å². The van der Waals surface area contributed by atoms with Crippen molar-refractivity contribution in [3.8, 4) is 0 Å². The molecular formula is C11H9Cl3N4. The molecule has 0 aliphatic carbocycles. The largest absolute Gasteiger partial charge is 0.394 e. The molecule has 0 spiro atoms. The van der Waals surface area contributed by atoms with Gasteiger partial charge in [-0.3, -0.25) is 0 Å². The molecule has 0 saturated carbocycles. The van der Waals surface area contributed by atoms with Crippen molar-refractivity contribution in [2.75, 3.05) is 11.1 Å². The molecule has 4 nitrogen and oxygen atoms in total. The molecule has 0 amide bonds. The molecule has 0 bridgehead atoms. The first kappa shape index (κ1) is 13.2. The SMILES string of the molecule is Cc1nc(Cl)nc(Nc2cccc(Cl)c2Cl)c1N. The molecule has 94 valence electrons. The maximum Gasteiger partial charge on any atom is 0.224 e. The second-order valence-corrected chi connectivity index (χ2v) is 4.69. The van der Waals surface area contributed by atoms with Crippen molar-refractivity contribution in [1.82, 2.24) is 9.97 Å². The molecule has 1 aromatic heterocycles. The van der Waals surface area contributed by atoms with E-state index in [1.54, 1.807) is 25.1 Å². The summed E-state index contributed by atoms with van der Waals surface area (Å²) in [6, 6.07) is 5.22. The number of nitrogens with one attached hydrogen (secondary N) is 1. The van der Waals surface area contributed by atoms with E-state index in [2.05, 4.69) is 15.3 Å². The summed E-state index contributed by atoms with van der Waals surface area (Å²) in [5, 5.41) is 3.94. The Morgan fingerprint density at radius 1 is 1.17 bits per heavy atom. The van der Waals surface area contributed by atoms with Crippen LogP contribution >= 0.6 is 34.8 Å². The van der Waals surface area contributed by atoms with E-state index >= 15 is 0 Å². The average molecular weight is 304 g/mol. The lowest BCUT2D eigenvalue weighted by Gasteiger charge is -2.11. The zero-order valence-corrected chi connectivity index (χ0v) is 11.6. The van der Waals surface area contributed by atoms with Crippen LogP contribution in [0.1, 0.15) is 5.69 Å². The lowest BCUT2D eigenvalue weighted by Crippen LogP contribution is -2.04. The predicted octanol–water partition coefficient (Wildman–Crippen LogP) is 4.07. The second-order valence-electron chi connectivity index (χ2n) is 3.57. The summed E-state index contributed by atoms with van der Waals surface area (Å²) in [5.74, 6) is 0.400. The van der Waals surface area contributed by atoms with E-state index < -0.39 is 0 Å². The Kier molecular flexibility index (Phi) is 3.80. The van der Waals surface area contributed by atoms with Gasteiger partial charge in [0.25, 0.3) is 0 Å². The fourth-order valence-electron chi connectivity index (χ4n) is 1.37. The standard InChI is InChI=1S/C11H9Cl3N4/c1-5-9(15)10(18-11(14)16-5)17-7-4-2-3-6(12)8(7)13/h2-4H,15H2,1H3,(H,16,17,18). The summed E-state index contributed by atoms with van der Waals surface area (Å²) in [6.07, 6.45) is 0. The Bertz CT molecular complexity index is 601. The number of nitrogens with two attached hydrogens (primary N) is 1. The number of hydrogen-bond acceptors (Lipinski definition) is 4. The summed E-state index contributed by atoms with van der Waals surface area (Å²) in [4.78, 5) is 7.96. The Labute approximate surface area is 119 Å². The summed E-state index contributed by atoms with van der Waals surface area (Å²) in [5.41, 5.74) is 7.47.